The minimum atomic E-state index is -0.988. The molecule has 0 amide bonds. The fourth-order valence-electron chi connectivity index (χ4n) is 2.32. The van der Waals surface area contributed by atoms with Crippen molar-refractivity contribution in [1.29, 1.82) is 0 Å². The third-order valence-corrected chi connectivity index (χ3v) is 3.44. The molecular weight excluding hydrogens is 356 g/mol. The molecule has 0 unspecified atom stereocenters. The molecule has 0 saturated carbocycles. The van der Waals surface area contributed by atoms with E-state index in [0.29, 0.717) is 11.1 Å². The summed E-state index contributed by atoms with van der Waals surface area (Å²) in [7, 11) is 0. The minimum Gasteiger partial charge on any atom is -0.507 e. The molecule has 2 rings (SSSR count). The summed E-state index contributed by atoms with van der Waals surface area (Å²) in [4.78, 5) is 45.5. The van der Waals surface area contributed by atoms with Crippen LogP contribution in [0.15, 0.2) is 36.4 Å². The molecule has 27 heavy (non-hydrogen) atoms. The summed E-state index contributed by atoms with van der Waals surface area (Å²) in [5.41, 5.74) is 0.773. The van der Waals surface area contributed by atoms with Gasteiger partial charge in [0.25, 0.3) is 0 Å². The Kier molecular flexibility index (Phi) is 5.92. The Balaban J connectivity index is 2.29. The highest BCUT2D eigenvalue weighted by atomic mass is 16.6. The van der Waals surface area contributed by atoms with E-state index in [1.165, 1.54) is 24.3 Å². The van der Waals surface area contributed by atoms with Crippen LogP contribution in [0.2, 0.25) is 0 Å². The number of hydrogen-bond donors (Lipinski definition) is 2. The van der Waals surface area contributed by atoms with Crippen molar-refractivity contribution in [3.63, 3.8) is 0 Å². The molecule has 0 atom stereocenters. The summed E-state index contributed by atoms with van der Waals surface area (Å²) in [5.74, 6) is -4.28. The van der Waals surface area contributed by atoms with Crippen molar-refractivity contribution in [3.05, 3.63) is 58.7 Å². The van der Waals surface area contributed by atoms with Gasteiger partial charge in [0.05, 0.1) is 0 Å². The highest BCUT2D eigenvalue weighted by Gasteiger charge is 2.18. The quantitative estimate of drug-likeness (QED) is 0.617. The van der Waals surface area contributed by atoms with Crippen molar-refractivity contribution in [2.75, 3.05) is 0 Å². The van der Waals surface area contributed by atoms with Crippen molar-refractivity contribution in [2.45, 2.75) is 20.3 Å². The lowest BCUT2D eigenvalue weighted by molar-refractivity contribution is -0.136. The average molecular weight is 372 g/mol. The molecule has 0 bridgehead atoms. The number of carbonyl (C=O) groups excluding carboxylic acids is 4. The summed E-state index contributed by atoms with van der Waals surface area (Å²) >= 11 is 0. The van der Waals surface area contributed by atoms with E-state index in [-0.39, 0.29) is 29.0 Å². The third kappa shape index (κ3) is 5.15. The fourth-order valence-corrected chi connectivity index (χ4v) is 2.32. The first-order valence-electron chi connectivity index (χ1n) is 7.76. The molecule has 2 N–H and O–H groups in total. The van der Waals surface area contributed by atoms with Gasteiger partial charge in [-0.2, -0.15) is 0 Å². The standard InChI is InChI=1S/C19H16O8/c1-10(20)26-18(24)14-8-12(3-5-16(14)22)7-13-4-6-17(23)15(9-13)19(25)27-11(2)21/h3-6,8-9,22-23H,7H2,1-2H3. The zero-order chi connectivity index (χ0) is 20.1. The van der Waals surface area contributed by atoms with E-state index in [1.54, 1.807) is 12.1 Å². The van der Waals surface area contributed by atoms with Crippen LogP contribution in [0, 0.1) is 0 Å². The Morgan fingerprint density at radius 3 is 1.44 bits per heavy atom. The number of carbonyl (C=O) groups is 4. The zero-order valence-electron chi connectivity index (χ0n) is 14.5. The van der Waals surface area contributed by atoms with Crippen LogP contribution in [0.5, 0.6) is 11.5 Å². The average Bonchev–Trinajstić information content (AvgIpc) is 2.56. The van der Waals surface area contributed by atoms with Gasteiger partial charge in [-0.25, -0.2) is 9.59 Å². The van der Waals surface area contributed by atoms with E-state index in [9.17, 15) is 29.4 Å². The van der Waals surface area contributed by atoms with Gasteiger partial charge in [-0.3, -0.25) is 9.59 Å². The Morgan fingerprint density at radius 1 is 0.741 bits per heavy atom. The molecule has 0 fully saturated rings. The summed E-state index contributed by atoms with van der Waals surface area (Å²) in [6, 6.07) is 8.33. The van der Waals surface area contributed by atoms with Gasteiger partial charge in [-0.05, 0) is 41.8 Å². The molecule has 0 radical (unpaired) electrons. The van der Waals surface area contributed by atoms with Crippen LogP contribution in [0.3, 0.4) is 0 Å². The van der Waals surface area contributed by atoms with Gasteiger partial charge >= 0.3 is 23.9 Å². The first-order chi connectivity index (χ1) is 12.7. The molecular formula is C19H16O8. The van der Waals surface area contributed by atoms with Crippen molar-refractivity contribution >= 4 is 23.9 Å². The SMILES string of the molecule is CC(=O)OC(=O)c1cc(Cc2ccc(O)c(C(=O)OC(C)=O)c2)ccc1O. The zero-order valence-corrected chi connectivity index (χ0v) is 14.5. The lowest BCUT2D eigenvalue weighted by Gasteiger charge is -2.09. The number of phenolic OH excluding ortho intramolecular Hbond substituents is 2. The minimum absolute atomic E-state index is 0.183. The van der Waals surface area contributed by atoms with Gasteiger partial charge in [-0.1, -0.05) is 12.1 Å². The van der Waals surface area contributed by atoms with E-state index in [1.807, 2.05) is 0 Å². The topological polar surface area (TPSA) is 127 Å². The van der Waals surface area contributed by atoms with Gasteiger partial charge < -0.3 is 19.7 Å². The molecule has 0 heterocycles. The fraction of sp³-hybridized carbons (Fsp3) is 0.158. The van der Waals surface area contributed by atoms with Crippen LogP contribution >= 0.6 is 0 Å². The Bertz CT molecular complexity index is 854. The van der Waals surface area contributed by atoms with E-state index in [4.69, 9.17) is 0 Å². The Labute approximate surface area is 154 Å². The highest BCUT2D eigenvalue weighted by molar-refractivity contribution is 5.99. The number of aromatic hydroxyl groups is 2. The van der Waals surface area contributed by atoms with Crippen LogP contribution in [0.25, 0.3) is 0 Å². The summed E-state index contributed by atoms with van der Waals surface area (Å²) in [6.07, 6.45) is 0.223. The second-order valence-electron chi connectivity index (χ2n) is 5.64. The van der Waals surface area contributed by atoms with Gasteiger partial charge in [0, 0.05) is 13.8 Å². The smallest absolute Gasteiger partial charge is 0.349 e. The maximum absolute atomic E-state index is 11.8. The summed E-state index contributed by atoms with van der Waals surface area (Å²) < 4.78 is 8.92. The number of benzene rings is 2. The number of esters is 4. The second-order valence-corrected chi connectivity index (χ2v) is 5.64. The number of hydrogen-bond acceptors (Lipinski definition) is 8. The molecule has 8 heteroatoms. The largest absolute Gasteiger partial charge is 0.507 e. The molecule has 0 aliphatic rings. The number of ether oxygens (including phenoxy) is 2. The monoisotopic (exact) mass is 372 g/mol. The van der Waals surface area contributed by atoms with E-state index in [2.05, 4.69) is 9.47 Å². The first kappa shape index (κ1) is 19.6. The molecule has 0 aliphatic heterocycles. The van der Waals surface area contributed by atoms with Crippen LogP contribution in [0.1, 0.15) is 45.7 Å². The van der Waals surface area contributed by atoms with Crippen LogP contribution in [-0.4, -0.2) is 34.1 Å². The Morgan fingerprint density at radius 2 is 1.11 bits per heavy atom. The molecule has 2 aromatic carbocycles. The van der Waals surface area contributed by atoms with Gasteiger partial charge in [-0.15, -0.1) is 0 Å². The maximum Gasteiger partial charge on any atom is 0.349 e. The second kappa shape index (κ2) is 8.13. The highest BCUT2D eigenvalue weighted by Crippen LogP contribution is 2.24. The third-order valence-electron chi connectivity index (χ3n) is 3.44. The van der Waals surface area contributed by atoms with Crippen LogP contribution < -0.4 is 0 Å². The molecule has 140 valence electrons. The molecule has 0 spiro atoms. The molecule has 0 aliphatic carbocycles. The van der Waals surface area contributed by atoms with Gasteiger partial charge in [0.1, 0.15) is 22.6 Å². The lowest BCUT2D eigenvalue weighted by atomic mass is 10.00. The van der Waals surface area contributed by atoms with Crippen molar-refractivity contribution < 1.29 is 38.9 Å². The van der Waals surface area contributed by atoms with Crippen molar-refractivity contribution in [1.82, 2.24) is 0 Å². The van der Waals surface area contributed by atoms with Crippen LogP contribution in [-0.2, 0) is 25.5 Å². The molecule has 8 nitrogen and oxygen atoms in total. The van der Waals surface area contributed by atoms with Gasteiger partial charge in [0.2, 0.25) is 0 Å². The van der Waals surface area contributed by atoms with Gasteiger partial charge in [0.15, 0.2) is 0 Å². The normalized spacial score (nSPS) is 10.1. The van der Waals surface area contributed by atoms with Crippen LogP contribution in [0.4, 0.5) is 0 Å². The van der Waals surface area contributed by atoms with E-state index < -0.39 is 23.9 Å². The van der Waals surface area contributed by atoms with E-state index >= 15 is 0 Å². The molecule has 2 aromatic rings. The number of rotatable bonds is 4. The first-order valence-corrected chi connectivity index (χ1v) is 7.76. The van der Waals surface area contributed by atoms with Crippen molar-refractivity contribution in [2.24, 2.45) is 0 Å². The predicted octanol–water partition coefficient (Wildman–Crippen LogP) is 2.10. The number of phenols is 2. The summed E-state index contributed by atoms with van der Waals surface area (Å²) in [5, 5.41) is 19.6. The lowest BCUT2D eigenvalue weighted by Crippen LogP contribution is -2.10. The predicted molar refractivity (Wildman–Crippen MR) is 91.2 cm³/mol. The van der Waals surface area contributed by atoms with E-state index in [0.717, 1.165) is 13.8 Å². The molecule has 0 saturated heterocycles. The Hall–Kier alpha value is -3.68. The molecule has 0 aromatic heterocycles. The maximum atomic E-state index is 11.8. The summed E-state index contributed by atoms with van der Waals surface area (Å²) in [6.45, 7) is 2.13. The van der Waals surface area contributed by atoms with Crippen molar-refractivity contribution in [3.8, 4) is 11.5 Å².